The van der Waals surface area contributed by atoms with Crippen LogP contribution in [0.3, 0.4) is 0 Å². The third-order valence-electron chi connectivity index (χ3n) is 3.64. The Hall–Kier alpha value is -2.54. The second-order valence-corrected chi connectivity index (χ2v) is 5.69. The van der Waals surface area contributed by atoms with Gasteiger partial charge in [0.2, 0.25) is 5.43 Å². The number of aromatic nitrogens is 2. The van der Waals surface area contributed by atoms with Crippen molar-refractivity contribution < 1.29 is 14.3 Å². The Kier molecular flexibility index (Phi) is 5.81. The number of nitrogens with one attached hydrogen (secondary N) is 1. The Bertz CT molecular complexity index is 789. The fourth-order valence-electron chi connectivity index (χ4n) is 2.25. The average molecular weight is 333 g/mol. The third-order valence-corrected chi connectivity index (χ3v) is 3.64. The molecule has 7 heteroatoms. The quantitative estimate of drug-likeness (QED) is 0.837. The van der Waals surface area contributed by atoms with Crippen LogP contribution in [-0.4, -0.2) is 33.9 Å². The summed E-state index contributed by atoms with van der Waals surface area (Å²) >= 11 is 0. The number of aryl methyl sites for hydroxylation is 1. The Morgan fingerprint density at radius 2 is 2.12 bits per heavy atom. The maximum Gasteiger partial charge on any atom is 0.275 e. The molecule has 6 nitrogen and oxygen atoms in total. The number of carbonyl (C=O) groups is 1. The standard InChI is InChI=1S/C17H20FN3O3/c1-11(7-8-22)10-19-17(24)16-15(23)9-12(2)21(20-16)14-6-4-3-5-13(14)18/h3-6,9,11,22H,7-8,10H2,1-2H3,(H,19,24). The maximum absolute atomic E-state index is 14.0. The summed E-state index contributed by atoms with van der Waals surface area (Å²) in [5.41, 5.74) is -0.222. The zero-order chi connectivity index (χ0) is 17.7. The first-order valence-corrected chi connectivity index (χ1v) is 7.69. The fraction of sp³-hybridized carbons (Fsp3) is 0.353. The number of halogens is 1. The molecule has 0 aliphatic heterocycles. The van der Waals surface area contributed by atoms with Crippen LogP contribution in [-0.2, 0) is 0 Å². The predicted octanol–water partition coefficient (Wildman–Crippen LogP) is 1.43. The molecule has 1 heterocycles. The summed E-state index contributed by atoms with van der Waals surface area (Å²) in [6, 6.07) is 7.25. The molecule has 1 amide bonds. The van der Waals surface area contributed by atoms with Crippen molar-refractivity contribution in [3.8, 4) is 5.69 Å². The molecule has 0 aliphatic rings. The van der Waals surface area contributed by atoms with Gasteiger partial charge in [0.05, 0.1) is 0 Å². The van der Waals surface area contributed by atoms with Gasteiger partial charge in [0.1, 0.15) is 11.5 Å². The van der Waals surface area contributed by atoms with Gasteiger partial charge in [-0.05, 0) is 31.4 Å². The lowest BCUT2D eigenvalue weighted by Crippen LogP contribution is -2.34. The minimum absolute atomic E-state index is 0.0277. The van der Waals surface area contributed by atoms with E-state index in [1.54, 1.807) is 19.1 Å². The smallest absolute Gasteiger partial charge is 0.275 e. The van der Waals surface area contributed by atoms with Crippen LogP contribution in [0, 0.1) is 18.7 Å². The van der Waals surface area contributed by atoms with Gasteiger partial charge in [-0.1, -0.05) is 19.1 Å². The number of rotatable bonds is 6. The molecule has 24 heavy (non-hydrogen) atoms. The van der Waals surface area contributed by atoms with Gasteiger partial charge in [0, 0.05) is 24.9 Å². The SMILES string of the molecule is Cc1cc(=O)c(C(=O)NCC(C)CCO)nn1-c1ccccc1F. The van der Waals surface area contributed by atoms with Gasteiger partial charge < -0.3 is 10.4 Å². The van der Waals surface area contributed by atoms with Gasteiger partial charge in [0.15, 0.2) is 5.69 Å². The van der Waals surface area contributed by atoms with Crippen molar-refractivity contribution >= 4 is 5.91 Å². The second-order valence-electron chi connectivity index (χ2n) is 5.69. The van der Waals surface area contributed by atoms with Crippen LogP contribution < -0.4 is 10.7 Å². The van der Waals surface area contributed by atoms with Crippen molar-refractivity contribution in [2.24, 2.45) is 5.92 Å². The normalized spacial score (nSPS) is 12.0. The number of carbonyl (C=O) groups excluding carboxylic acids is 1. The monoisotopic (exact) mass is 333 g/mol. The van der Waals surface area contributed by atoms with Crippen LogP contribution in [0.15, 0.2) is 35.1 Å². The average Bonchev–Trinajstić information content (AvgIpc) is 2.54. The van der Waals surface area contributed by atoms with Crippen LogP contribution in [0.4, 0.5) is 4.39 Å². The molecule has 1 aromatic carbocycles. The molecule has 128 valence electrons. The zero-order valence-electron chi connectivity index (χ0n) is 13.6. The second kappa shape index (κ2) is 7.83. The van der Waals surface area contributed by atoms with E-state index in [1.807, 2.05) is 6.92 Å². The van der Waals surface area contributed by atoms with E-state index in [0.29, 0.717) is 18.7 Å². The Labute approximate surface area is 138 Å². The molecule has 2 aromatic rings. The number of benzene rings is 1. The highest BCUT2D eigenvalue weighted by Gasteiger charge is 2.17. The molecule has 1 unspecified atom stereocenters. The van der Waals surface area contributed by atoms with E-state index < -0.39 is 17.2 Å². The minimum Gasteiger partial charge on any atom is -0.396 e. The number of amides is 1. The van der Waals surface area contributed by atoms with E-state index in [4.69, 9.17) is 5.11 Å². The molecule has 0 saturated carbocycles. The van der Waals surface area contributed by atoms with Gasteiger partial charge in [-0.15, -0.1) is 0 Å². The van der Waals surface area contributed by atoms with E-state index in [1.165, 1.54) is 22.9 Å². The Morgan fingerprint density at radius 1 is 1.42 bits per heavy atom. The molecular formula is C17H20FN3O3. The molecule has 0 bridgehead atoms. The van der Waals surface area contributed by atoms with Gasteiger partial charge in [0.25, 0.3) is 5.91 Å². The molecule has 2 rings (SSSR count). The van der Waals surface area contributed by atoms with E-state index in [0.717, 1.165) is 0 Å². The number of hydrogen-bond acceptors (Lipinski definition) is 4. The lowest BCUT2D eigenvalue weighted by Gasteiger charge is -2.13. The number of aliphatic hydroxyl groups excluding tert-OH is 1. The minimum atomic E-state index is -0.616. The topological polar surface area (TPSA) is 84.2 Å². The summed E-state index contributed by atoms with van der Waals surface area (Å²) in [7, 11) is 0. The van der Waals surface area contributed by atoms with Crippen LogP contribution in [0.25, 0.3) is 5.69 Å². The molecule has 1 aromatic heterocycles. The van der Waals surface area contributed by atoms with E-state index in [9.17, 15) is 14.0 Å². The van der Waals surface area contributed by atoms with Crippen molar-refractivity contribution in [1.29, 1.82) is 0 Å². The van der Waals surface area contributed by atoms with Crippen LogP contribution in [0.5, 0.6) is 0 Å². The van der Waals surface area contributed by atoms with Crippen molar-refractivity contribution in [3.05, 3.63) is 57.8 Å². The molecular weight excluding hydrogens is 313 g/mol. The largest absolute Gasteiger partial charge is 0.396 e. The van der Waals surface area contributed by atoms with Crippen molar-refractivity contribution in [3.63, 3.8) is 0 Å². The summed E-state index contributed by atoms with van der Waals surface area (Å²) in [5, 5.41) is 15.5. The number of aliphatic hydroxyl groups is 1. The maximum atomic E-state index is 14.0. The molecule has 2 N–H and O–H groups in total. The van der Waals surface area contributed by atoms with E-state index >= 15 is 0 Å². The van der Waals surface area contributed by atoms with Gasteiger partial charge in [-0.2, -0.15) is 5.10 Å². The number of para-hydroxylation sites is 1. The summed E-state index contributed by atoms with van der Waals surface area (Å²) in [4.78, 5) is 24.3. The first-order valence-electron chi connectivity index (χ1n) is 7.69. The lowest BCUT2D eigenvalue weighted by atomic mass is 10.1. The molecule has 0 aliphatic carbocycles. The first-order chi connectivity index (χ1) is 11.4. The fourth-order valence-corrected chi connectivity index (χ4v) is 2.25. The van der Waals surface area contributed by atoms with Crippen LogP contribution in [0.1, 0.15) is 29.5 Å². The van der Waals surface area contributed by atoms with Gasteiger partial charge in [-0.25, -0.2) is 9.07 Å². The van der Waals surface area contributed by atoms with Crippen molar-refractivity contribution in [2.45, 2.75) is 20.3 Å². The molecule has 0 saturated heterocycles. The third kappa shape index (κ3) is 4.05. The van der Waals surface area contributed by atoms with Crippen LogP contribution >= 0.6 is 0 Å². The number of hydrogen-bond donors (Lipinski definition) is 2. The van der Waals surface area contributed by atoms with Gasteiger partial charge in [-0.3, -0.25) is 9.59 Å². The highest BCUT2D eigenvalue weighted by Crippen LogP contribution is 2.13. The van der Waals surface area contributed by atoms with Gasteiger partial charge >= 0.3 is 0 Å². The summed E-state index contributed by atoms with van der Waals surface area (Å²) in [5.74, 6) is -1.05. The Balaban J connectivity index is 2.32. The van der Waals surface area contributed by atoms with Crippen molar-refractivity contribution in [1.82, 2.24) is 15.1 Å². The summed E-state index contributed by atoms with van der Waals surface area (Å²) in [6.07, 6.45) is 0.543. The first kappa shape index (κ1) is 17.8. The summed E-state index contributed by atoms with van der Waals surface area (Å²) < 4.78 is 15.2. The zero-order valence-corrected chi connectivity index (χ0v) is 13.6. The predicted molar refractivity (Wildman–Crippen MR) is 87.7 cm³/mol. The highest BCUT2D eigenvalue weighted by atomic mass is 19.1. The molecule has 0 spiro atoms. The van der Waals surface area contributed by atoms with E-state index in [2.05, 4.69) is 10.4 Å². The van der Waals surface area contributed by atoms with Crippen LogP contribution in [0.2, 0.25) is 0 Å². The van der Waals surface area contributed by atoms with E-state index in [-0.39, 0.29) is 23.9 Å². The summed E-state index contributed by atoms with van der Waals surface area (Å²) in [6.45, 7) is 3.83. The molecule has 0 radical (unpaired) electrons. The lowest BCUT2D eigenvalue weighted by molar-refractivity contribution is 0.0937. The van der Waals surface area contributed by atoms with Crippen molar-refractivity contribution in [2.75, 3.05) is 13.2 Å². The molecule has 0 fully saturated rings. The Morgan fingerprint density at radius 3 is 2.79 bits per heavy atom. The highest BCUT2D eigenvalue weighted by molar-refractivity contribution is 5.92. The number of nitrogens with zero attached hydrogens (tertiary/aromatic N) is 2. The molecule has 1 atom stereocenters.